The van der Waals surface area contributed by atoms with Crippen molar-refractivity contribution in [2.24, 2.45) is 0 Å². The zero-order valence-electron chi connectivity index (χ0n) is 9.21. The maximum Gasteiger partial charge on any atom is 0.142 e. The number of fused-ring (bicyclic) bond motifs is 1. The first kappa shape index (κ1) is 11.9. The molecule has 0 fully saturated rings. The van der Waals surface area contributed by atoms with Gasteiger partial charge in [0.15, 0.2) is 0 Å². The predicted octanol–water partition coefficient (Wildman–Crippen LogP) is 4.03. The molecule has 0 aromatic carbocycles. The average molecular weight is 294 g/mol. The number of hydrogen-bond donors (Lipinski definition) is 0. The first-order valence-electron chi connectivity index (χ1n) is 5.26. The molecule has 3 heterocycles. The lowest BCUT2D eigenvalue weighted by atomic mass is 10.4. The Morgan fingerprint density at radius 1 is 1.22 bits per heavy atom. The minimum absolute atomic E-state index is 0.526. The number of aromatic nitrogens is 3. The van der Waals surface area contributed by atoms with E-state index in [0.717, 1.165) is 21.1 Å². The van der Waals surface area contributed by atoms with Crippen LogP contribution in [0.5, 0.6) is 0 Å². The minimum Gasteiger partial charge on any atom is -0.250 e. The topological polar surface area (TPSA) is 38.7 Å². The summed E-state index contributed by atoms with van der Waals surface area (Å²) in [5.41, 5.74) is 0. The van der Waals surface area contributed by atoms with Crippen LogP contribution in [0.4, 0.5) is 0 Å². The molecule has 3 rings (SSSR count). The molecular weight excluding hydrogens is 286 g/mol. The van der Waals surface area contributed by atoms with Crippen LogP contribution in [0.1, 0.15) is 5.82 Å². The number of rotatable bonds is 3. The highest BCUT2D eigenvalue weighted by Crippen LogP contribution is 2.26. The zero-order valence-corrected chi connectivity index (χ0v) is 11.6. The van der Waals surface area contributed by atoms with E-state index in [2.05, 4.69) is 15.0 Å². The molecule has 0 saturated heterocycles. The Bertz CT molecular complexity index is 669. The minimum atomic E-state index is 0.526. The van der Waals surface area contributed by atoms with Gasteiger partial charge in [-0.15, -0.1) is 11.3 Å². The molecule has 0 bridgehead atoms. The lowest BCUT2D eigenvalue weighted by Crippen LogP contribution is -1.93. The van der Waals surface area contributed by atoms with E-state index in [1.165, 1.54) is 0 Å². The monoisotopic (exact) mass is 293 g/mol. The molecule has 0 unspecified atom stereocenters. The van der Waals surface area contributed by atoms with Gasteiger partial charge in [-0.1, -0.05) is 29.4 Å². The van der Waals surface area contributed by atoms with E-state index in [1.807, 2.05) is 29.6 Å². The van der Waals surface area contributed by atoms with Crippen molar-refractivity contribution in [3.63, 3.8) is 0 Å². The Hall–Kier alpha value is -1.17. The van der Waals surface area contributed by atoms with Gasteiger partial charge in [0.2, 0.25) is 0 Å². The Morgan fingerprint density at radius 3 is 3.00 bits per heavy atom. The fourth-order valence-electron chi connectivity index (χ4n) is 1.50. The van der Waals surface area contributed by atoms with E-state index in [1.54, 1.807) is 29.3 Å². The van der Waals surface area contributed by atoms with Crippen LogP contribution in [0.2, 0.25) is 5.15 Å². The molecule has 0 saturated carbocycles. The van der Waals surface area contributed by atoms with E-state index in [4.69, 9.17) is 11.6 Å². The summed E-state index contributed by atoms with van der Waals surface area (Å²) in [6, 6.07) is 7.77. The van der Waals surface area contributed by atoms with Gasteiger partial charge < -0.3 is 0 Å². The molecule has 0 aliphatic carbocycles. The molecule has 3 aromatic heterocycles. The van der Waals surface area contributed by atoms with Gasteiger partial charge >= 0.3 is 0 Å². The quantitative estimate of drug-likeness (QED) is 0.540. The van der Waals surface area contributed by atoms with Crippen molar-refractivity contribution in [3.8, 4) is 0 Å². The van der Waals surface area contributed by atoms with Crippen molar-refractivity contribution < 1.29 is 0 Å². The zero-order chi connectivity index (χ0) is 12.4. The van der Waals surface area contributed by atoms with E-state index >= 15 is 0 Å². The van der Waals surface area contributed by atoms with Gasteiger partial charge in [-0.05, 0) is 23.6 Å². The largest absolute Gasteiger partial charge is 0.250 e. The summed E-state index contributed by atoms with van der Waals surface area (Å²) < 4.78 is 0. The number of pyridine rings is 1. The summed E-state index contributed by atoms with van der Waals surface area (Å²) in [5.74, 6) is 1.41. The van der Waals surface area contributed by atoms with Crippen LogP contribution in [0.3, 0.4) is 0 Å². The smallest absolute Gasteiger partial charge is 0.142 e. The summed E-state index contributed by atoms with van der Waals surface area (Å²) in [7, 11) is 0. The highest BCUT2D eigenvalue weighted by Gasteiger charge is 2.07. The maximum absolute atomic E-state index is 6.12. The fraction of sp³-hybridized carbons (Fsp3) is 0.0833. The summed E-state index contributed by atoms with van der Waals surface area (Å²) in [4.78, 5) is 14.0. The van der Waals surface area contributed by atoms with Gasteiger partial charge in [-0.25, -0.2) is 15.0 Å². The molecule has 0 aliphatic rings. The van der Waals surface area contributed by atoms with E-state index in [-0.39, 0.29) is 0 Å². The van der Waals surface area contributed by atoms with Gasteiger partial charge in [-0.3, -0.25) is 0 Å². The van der Waals surface area contributed by atoms with Crippen molar-refractivity contribution >= 4 is 44.9 Å². The highest BCUT2D eigenvalue weighted by molar-refractivity contribution is 7.98. The summed E-state index contributed by atoms with van der Waals surface area (Å²) in [6.07, 6.45) is 1.78. The second-order valence-electron chi connectivity index (χ2n) is 3.53. The molecule has 90 valence electrons. The first-order chi connectivity index (χ1) is 8.83. The van der Waals surface area contributed by atoms with Crippen LogP contribution >= 0.6 is 34.7 Å². The lowest BCUT2D eigenvalue weighted by Gasteiger charge is -2.01. The van der Waals surface area contributed by atoms with Crippen LogP contribution < -0.4 is 0 Å². The molecule has 0 amide bonds. The van der Waals surface area contributed by atoms with E-state index in [0.29, 0.717) is 10.9 Å². The second-order valence-corrected chi connectivity index (χ2v) is 5.77. The Labute approximate surface area is 117 Å². The molecular formula is C12H8ClN3S2. The normalized spacial score (nSPS) is 10.9. The molecule has 0 radical (unpaired) electrons. The van der Waals surface area contributed by atoms with Crippen molar-refractivity contribution in [1.29, 1.82) is 0 Å². The van der Waals surface area contributed by atoms with Gasteiger partial charge in [-0.2, -0.15) is 0 Å². The van der Waals surface area contributed by atoms with E-state index in [9.17, 15) is 0 Å². The summed E-state index contributed by atoms with van der Waals surface area (Å²) in [6.45, 7) is 0. The number of thiophene rings is 1. The maximum atomic E-state index is 6.12. The number of hydrogen-bond acceptors (Lipinski definition) is 5. The molecule has 0 N–H and O–H groups in total. The van der Waals surface area contributed by atoms with Crippen molar-refractivity contribution in [1.82, 2.24) is 15.0 Å². The molecule has 3 nitrogen and oxygen atoms in total. The van der Waals surface area contributed by atoms with Gasteiger partial charge in [0, 0.05) is 11.6 Å². The Kier molecular flexibility index (Phi) is 3.45. The Morgan fingerprint density at radius 2 is 2.17 bits per heavy atom. The van der Waals surface area contributed by atoms with E-state index < -0.39 is 0 Å². The molecule has 0 aliphatic heterocycles. The fourth-order valence-corrected chi connectivity index (χ4v) is 3.30. The van der Waals surface area contributed by atoms with Crippen molar-refractivity contribution in [2.75, 3.05) is 0 Å². The average Bonchev–Trinajstić information content (AvgIpc) is 2.86. The van der Waals surface area contributed by atoms with Crippen LogP contribution in [-0.2, 0) is 5.75 Å². The molecule has 0 spiro atoms. The van der Waals surface area contributed by atoms with Crippen LogP contribution in [0.15, 0.2) is 40.9 Å². The highest BCUT2D eigenvalue weighted by atomic mass is 35.5. The third-order valence-corrected chi connectivity index (χ3v) is 4.35. The van der Waals surface area contributed by atoms with Crippen molar-refractivity contribution in [3.05, 3.63) is 46.8 Å². The number of thioether (sulfide) groups is 1. The molecule has 18 heavy (non-hydrogen) atoms. The second kappa shape index (κ2) is 5.22. The first-order valence-corrected chi connectivity index (χ1v) is 7.51. The lowest BCUT2D eigenvalue weighted by molar-refractivity contribution is 1.06. The summed E-state index contributed by atoms with van der Waals surface area (Å²) in [5, 5.41) is 4.38. The van der Waals surface area contributed by atoms with Crippen LogP contribution in [0.25, 0.3) is 10.2 Å². The van der Waals surface area contributed by atoms with Gasteiger partial charge in [0.05, 0.1) is 10.8 Å². The standard InChI is InChI=1S/C12H8ClN3S2/c13-11-8-4-6-17-12(8)16-9(15-11)7-18-10-3-1-2-5-14-10/h1-6H,7H2. The van der Waals surface area contributed by atoms with Crippen LogP contribution in [0, 0.1) is 0 Å². The molecule has 0 atom stereocenters. The Balaban J connectivity index is 1.82. The van der Waals surface area contributed by atoms with Crippen molar-refractivity contribution in [2.45, 2.75) is 10.8 Å². The molecule has 6 heteroatoms. The molecule has 3 aromatic rings. The van der Waals surface area contributed by atoms with Crippen LogP contribution in [-0.4, -0.2) is 15.0 Å². The SMILES string of the molecule is Clc1nc(CSc2ccccn2)nc2sccc12. The third-order valence-electron chi connectivity index (χ3n) is 2.31. The third kappa shape index (κ3) is 2.48. The summed E-state index contributed by atoms with van der Waals surface area (Å²) >= 11 is 9.30. The number of halogens is 1. The van der Waals surface area contributed by atoms with Gasteiger partial charge in [0.25, 0.3) is 0 Å². The van der Waals surface area contributed by atoms with Gasteiger partial charge in [0.1, 0.15) is 15.8 Å². The number of nitrogens with zero attached hydrogens (tertiary/aromatic N) is 3. The predicted molar refractivity (Wildman–Crippen MR) is 76.2 cm³/mol.